The molecule has 1 fully saturated rings. The Kier molecular flexibility index (Phi) is 10.1. The van der Waals surface area contributed by atoms with E-state index in [0.29, 0.717) is 60.5 Å². The number of carbonyl (C=O) groups is 2. The molecule has 1 unspecified atom stereocenters. The van der Waals surface area contributed by atoms with E-state index in [1.54, 1.807) is 43.5 Å². The number of ketones is 1. The van der Waals surface area contributed by atoms with Gasteiger partial charge < -0.3 is 24.2 Å². The van der Waals surface area contributed by atoms with Crippen molar-refractivity contribution in [2.45, 2.75) is 46.1 Å². The summed E-state index contributed by atoms with van der Waals surface area (Å²) in [6, 6.07) is 21.3. The van der Waals surface area contributed by atoms with Crippen molar-refractivity contribution in [3.63, 3.8) is 0 Å². The molecule has 1 amide bonds. The third-order valence-electron chi connectivity index (χ3n) is 7.06. The summed E-state index contributed by atoms with van der Waals surface area (Å²) in [7, 11) is 1.56. The van der Waals surface area contributed by atoms with E-state index in [1.807, 2.05) is 43.3 Å². The van der Waals surface area contributed by atoms with Crippen molar-refractivity contribution in [1.29, 1.82) is 0 Å². The molecule has 0 spiro atoms. The fourth-order valence-electron chi connectivity index (χ4n) is 4.84. The smallest absolute Gasteiger partial charge is 0.295 e. The number of benzene rings is 3. The number of amides is 1. The highest BCUT2D eigenvalue weighted by atomic mass is 16.5. The molecule has 1 aliphatic heterocycles. The lowest BCUT2D eigenvalue weighted by Gasteiger charge is -2.26. The number of nitrogens with zero attached hydrogens (tertiary/aromatic N) is 1. The largest absolute Gasteiger partial charge is 0.507 e. The molecule has 3 aromatic carbocycles. The molecule has 0 saturated carbocycles. The summed E-state index contributed by atoms with van der Waals surface area (Å²) < 4.78 is 17.4. The van der Waals surface area contributed by atoms with Crippen LogP contribution in [0.3, 0.4) is 0 Å². The molecule has 3 aromatic rings. The van der Waals surface area contributed by atoms with Crippen LogP contribution in [0, 0.1) is 5.92 Å². The summed E-state index contributed by atoms with van der Waals surface area (Å²) in [6.07, 6.45) is 2.28. The molecule has 0 aromatic heterocycles. The van der Waals surface area contributed by atoms with Crippen LogP contribution in [-0.4, -0.2) is 48.6 Å². The van der Waals surface area contributed by atoms with Gasteiger partial charge in [0.2, 0.25) is 0 Å². The van der Waals surface area contributed by atoms with Gasteiger partial charge in [-0.25, -0.2) is 0 Å². The maximum Gasteiger partial charge on any atom is 0.295 e. The van der Waals surface area contributed by atoms with Crippen LogP contribution in [0.2, 0.25) is 0 Å². The van der Waals surface area contributed by atoms with Gasteiger partial charge in [0.1, 0.15) is 11.5 Å². The number of likely N-dealkylation sites (tertiary alicyclic amines) is 1. The number of ether oxygens (including phenoxy) is 3. The van der Waals surface area contributed by atoms with Crippen molar-refractivity contribution in [3.8, 4) is 17.2 Å². The van der Waals surface area contributed by atoms with Gasteiger partial charge in [-0.2, -0.15) is 0 Å². The molecule has 7 nitrogen and oxygen atoms in total. The maximum atomic E-state index is 13.5. The summed E-state index contributed by atoms with van der Waals surface area (Å²) in [5.41, 5.74) is 2.13. The van der Waals surface area contributed by atoms with Gasteiger partial charge in [-0.1, -0.05) is 69.3 Å². The van der Waals surface area contributed by atoms with E-state index in [2.05, 4.69) is 13.8 Å². The highest BCUT2D eigenvalue weighted by Gasteiger charge is 2.46. The highest BCUT2D eigenvalue weighted by molar-refractivity contribution is 6.46. The fraction of sp³-hybridized carbons (Fsp3) is 0.353. The Bertz CT molecular complexity index is 1380. The maximum absolute atomic E-state index is 13.5. The van der Waals surface area contributed by atoms with E-state index in [4.69, 9.17) is 14.2 Å². The molecule has 7 heteroatoms. The van der Waals surface area contributed by atoms with Crippen LogP contribution in [0.5, 0.6) is 17.2 Å². The predicted octanol–water partition coefficient (Wildman–Crippen LogP) is 6.57. The first-order valence-corrected chi connectivity index (χ1v) is 14.2. The van der Waals surface area contributed by atoms with Crippen molar-refractivity contribution in [1.82, 2.24) is 4.90 Å². The molecular formula is C34H39NO6. The lowest BCUT2D eigenvalue weighted by molar-refractivity contribution is -0.139. The zero-order chi connectivity index (χ0) is 29.4. The monoisotopic (exact) mass is 557 g/mol. The molecule has 1 aliphatic rings. The molecule has 0 radical (unpaired) electrons. The van der Waals surface area contributed by atoms with Crippen LogP contribution in [0.4, 0.5) is 0 Å². The Morgan fingerprint density at radius 1 is 0.927 bits per heavy atom. The minimum Gasteiger partial charge on any atom is -0.507 e. The molecule has 0 bridgehead atoms. The number of hydrogen-bond acceptors (Lipinski definition) is 6. The Hall–Kier alpha value is -4.26. The number of carbonyl (C=O) groups excluding carboxylic acids is 2. The normalized spacial score (nSPS) is 16.3. The van der Waals surface area contributed by atoms with Crippen molar-refractivity contribution >= 4 is 17.4 Å². The van der Waals surface area contributed by atoms with Gasteiger partial charge >= 0.3 is 0 Å². The summed E-state index contributed by atoms with van der Waals surface area (Å²) in [4.78, 5) is 28.5. The zero-order valence-electron chi connectivity index (χ0n) is 24.3. The Morgan fingerprint density at radius 2 is 1.71 bits per heavy atom. The van der Waals surface area contributed by atoms with Gasteiger partial charge in [0.15, 0.2) is 11.5 Å². The highest BCUT2D eigenvalue weighted by Crippen LogP contribution is 2.42. The molecule has 216 valence electrons. The number of aliphatic hydroxyl groups excluding tert-OH is 1. The van der Waals surface area contributed by atoms with Crippen molar-refractivity contribution in [2.24, 2.45) is 5.92 Å². The molecule has 1 saturated heterocycles. The van der Waals surface area contributed by atoms with E-state index in [1.165, 1.54) is 4.90 Å². The molecule has 0 aliphatic carbocycles. The third-order valence-corrected chi connectivity index (χ3v) is 7.06. The van der Waals surface area contributed by atoms with E-state index in [9.17, 15) is 14.7 Å². The number of rotatable bonds is 13. The average molecular weight is 558 g/mol. The molecule has 41 heavy (non-hydrogen) atoms. The van der Waals surface area contributed by atoms with Crippen LogP contribution in [0.25, 0.3) is 5.76 Å². The first-order valence-electron chi connectivity index (χ1n) is 14.2. The van der Waals surface area contributed by atoms with Crippen LogP contribution in [-0.2, 0) is 16.0 Å². The quantitative estimate of drug-likeness (QED) is 0.145. The van der Waals surface area contributed by atoms with E-state index >= 15 is 0 Å². The zero-order valence-corrected chi connectivity index (χ0v) is 24.3. The predicted molar refractivity (Wildman–Crippen MR) is 159 cm³/mol. The summed E-state index contributed by atoms with van der Waals surface area (Å²) in [5, 5.41) is 11.5. The van der Waals surface area contributed by atoms with Gasteiger partial charge in [-0.15, -0.1) is 0 Å². The molecule has 1 N–H and O–H groups in total. The number of Topliss-reactive ketones (excluding diaryl/α,β-unsaturated/α-hetero) is 1. The second-order valence-corrected chi connectivity index (χ2v) is 10.5. The van der Waals surface area contributed by atoms with Gasteiger partial charge in [0.25, 0.3) is 11.7 Å². The topological polar surface area (TPSA) is 85.3 Å². The van der Waals surface area contributed by atoms with E-state index < -0.39 is 17.7 Å². The van der Waals surface area contributed by atoms with Gasteiger partial charge in [-0.05, 0) is 60.6 Å². The number of hydrogen-bond donors (Lipinski definition) is 1. The summed E-state index contributed by atoms with van der Waals surface area (Å²) in [5.74, 6) is 0.534. The third kappa shape index (κ3) is 7.09. The van der Waals surface area contributed by atoms with Gasteiger partial charge in [-0.3, -0.25) is 9.59 Å². The second-order valence-electron chi connectivity index (χ2n) is 10.5. The van der Waals surface area contributed by atoms with Crippen molar-refractivity contribution in [3.05, 3.63) is 95.1 Å². The van der Waals surface area contributed by atoms with Crippen molar-refractivity contribution in [2.75, 3.05) is 26.9 Å². The molecule has 4 rings (SSSR count). The molecule has 1 atom stereocenters. The second kappa shape index (κ2) is 13.9. The lowest BCUT2D eigenvalue weighted by atomic mass is 9.94. The number of methoxy groups -OCH3 is 1. The van der Waals surface area contributed by atoms with Gasteiger partial charge in [0.05, 0.1) is 31.9 Å². The Labute approximate surface area is 242 Å². The van der Waals surface area contributed by atoms with Crippen LogP contribution in [0.1, 0.15) is 56.3 Å². The minimum atomic E-state index is -0.808. The first-order chi connectivity index (χ1) is 19.8. The fourth-order valence-corrected chi connectivity index (χ4v) is 4.84. The van der Waals surface area contributed by atoms with Crippen LogP contribution >= 0.6 is 0 Å². The standard InChI is InChI=1S/C34H39NO6/c1-5-19-40-27-13-9-12-26(21-27)32(36)30-31(25-14-15-28(29(22-25)39-4)41-20-17-23(2)3)35(34(38)33(30)37)18-16-24-10-7-6-8-11-24/h6-15,21-23,31,36H,5,16-20H2,1-4H3. The number of aliphatic hydroxyl groups is 1. The van der Waals surface area contributed by atoms with E-state index in [-0.39, 0.29) is 11.3 Å². The van der Waals surface area contributed by atoms with Crippen LogP contribution in [0.15, 0.2) is 78.4 Å². The average Bonchev–Trinajstić information content (AvgIpc) is 3.24. The summed E-state index contributed by atoms with van der Waals surface area (Å²) >= 11 is 0. The van der Waals surface area contributed by atoms with Crippen LogP contribution < -0.4 is 14.2 Å². The van der Waals surface area contributed by atoms with Crippen molar-refractivity contribution < 1.29 is 28.9 Å². The lowest BCUT2D eigenvalue weighted by Crippen LogP contribution is -2.31. The van der Waals surface area contributed by atoms with Gasteiger partial charge in [0, 0.05) is 12.1 Å². The SMILES string of the molecule is CCCOc1cccc(C(O)=C2C(=O)C(=O)N(CCc3ccccc3)C2c2ccc(OCCC(C)C)c(OC)c2)c1. The van der Waals surface area contributed by atoms with E-state index in [0.717, 1.165) is 18.4 Å². The Morgan fingerprint density at radius 3 is 2.41 bits per heavy atom. The molecule has 1 heterocycles. The minimum absolute atomic E-state index is 0.0335. The molecular weight excluding hydrogens is 518 g/mol. The summed E-state index contributed by atoms with van der Waals surface area (Å²) in [6.45, 7) is 7.64. The first kappa shape index (κ1) is 29.7. The Balaban J connectivity index is 1.76.